The van der Waals surface area contributed by atoms with Crippen LogP contribution in [-0.2, 0) is 0 Å². The Hall–Kier alpha value is -1.92. The molecule has 0 saturated heterocycles. The topological polar surface area (TPSA) is 80.7 Å². The maximum atomic E-state index is 12.4. The molecule has 2 aromatic heterocycles. The zero-order valence-electron chi connectivity index (χ0n) is 12.2. The molecule has 2 N–H and O–H groups in total. The summed E-state index contributed by atoms with van der Waals surface area (Å²) < 4.78 is 1.39. The van der Waals surface area contributed by atoms with Crippen molar-refractivity contribution in [3.05, 3.63) is 46.0 Å². The first kappa shape index (κ1) is 17.1. The van der Waals surface area contributed by atoms with Crippen LogP contribution in [0.1, 0.15) is 22.8 Å². The summed E-state index contributed by atoms with van der Waals surface area (Å²) in [7, 11) is 1.63. The van der Waals surface area contributed by atoms with Crippen LogP contribution in [0.3, 0.4) is 0 Å². The number of nitrogens with two attached hydrogens (primary N) is 1. The zero-order valence-corrected chi connectivity index (χ0v) is 13.1. The lowest BCUT2D eigenvalue weighted by molar-refractivity contribution is 0.0746. The van der Waals surface area contributed by atoms with E-state index in [2.05, 4.69) is 4.98 Å². The van der Waals surface area contributed by atoms with E-state index in [0.29, 0.717) is 12.2 Å². The molecule has 1 atom stereocenters. The van der Waals surface area contributed by atoms with Gasteiger partial charge in [-0.05, 0) is 25.5 Å². The predicted molar refractivity (Wildman–Crippen MR) is 84.1 cm³/mol. The summed E-state index contributed by atoms with van der Waals surface area (Å²) in [5.74, 6) is -0.364. The number of likely N-dealkylation sites (N-methyl/N-ethyl adjacent to an activating group) is 1. The molecule has 21 heavy (non-hydrogen) atoms. The van der Waals surface area contributed by atoms with Gasteiger partial charge in [0.05, 0.1) is 0 Å². The third-order valence-corrected chi connectivity index (χ3v) is 3.40. The minimum Gasteiger partial charge on any atom is -0.338 e. The summed E-state index contributed by atoms with van der Waals surface area (Å²) in [6, 6.07) is 3.48. The van der Waals surface area contributed by atoms with Gasteiger partial charge in [-0.1, -0.05) is 6.07 Å². The number of nitrogens with zero attached hydrogens (tertiary/aromatic N) is 3. The fourth-order valence-corrected chi connectivity index (χ4v) is 1.88. The average molecular weight is 311 g/mol. The number of amides is 1. The van der Waals surface area contributed by atoms with Gasteiger partial charge in [-0.2, -0.15) is 0 Å². The Bertz CT molecular complexity index is 714. The minimum absolute atomic E-state index is 0. The van der Waals surface area contributed by atoms with Crippen LogP contribution in [0.2, 0.25) is 0 Å². The van der Waals surface area contributed by atoms with E-state index in [1.165, 1.54) is 15.5 Å². The lowest BCUT2D eigenvalue weighted by Crippen LogP contribution is -2.42. The van der Waals surface area contributed by atoms with Crippen LogP contribution in [0.25, 0.3) is 5.65 Å². The summed E-state index contributed by atoms with van der Waals surface area (Å²) in [5, 5.41) is 0. The summed E-state index contributed by atoms with van der Waals surface area (Å²) >= 11 is 0. The molecule has 0 aliphatic heterocycles. The van der Waals surface area contributed by atoms with Gasteiger partial charge < -0.3 is 10.6 Å². The van der Waals surface area contributed by atoms with Crippen LogP contribution in [0, 0.1) is 6.92 Å². The Labute approximate surface area is 129 Å². The van der Waals surface area contributed by atoms with E-state index in [-0.39, 0.29) is 35.5 Å². The number of rotatable bonds is 3. The van der Waals surface area contributed by atoms with Gasteiger partial charge in [-0.3, -0.25) is 14.0 Å². The molecule has 0 aromatic carbocycles. The Balaban J connectivity index is 0.00000220. The molecule has 0 spiro atoms. The highest BCUT2D eigenvalue weighted by molar-refractivity contribution is 5.93. The third-order valence-electron chi connectivity index (χ3n) is 3.40. The molecule has 2 aromatic rings. The molecule has 114 valence electrons. The minimum atomic E-state index is -0.364. The van der Waals surface area contributed by atoms with Gasteiger partial charge in [-0.15, -0.1) is 12.4 Å². The number of aromatic nitrogens is 2. The molecule has 0 saturated carbocycles. The predicted octanol–water partition coefficient (Wildman–Crippen LogP) is 0.844. The SMILES string of the molecule is Cc1ccc2ncc(C(=O)N(C)C(C)CN)c(=O)n2c1.Cl. The lowest BCUT2D eigenvalue weighted by atomic mass is 10.2. The number of fused-ring (bicyclic) bond motifs is 1. The van der Waals surface area contributed by atoms with Crippen molar-refractivity contribution in [2.75, 3.05) is 13.6 Å². The van der Waals surface area contributed by atoms with Crippen LogP contribution in [0.5, 0.6) is 0 Å². The van der Waals surface area contributed by atoms with Gasteiger partial charge >= 0.3 is 0 Å². The molecule has 1 unspecified atom stereocenters. The normalized spacial score (nSPS) is 11.8. The molecule has 0 aliphatic carbocycles. The Morgan fingerprint density at radius 3 is 2.76 bits per heavy atom. The number of carbonyl (C=O) groups excluding carboxylic acids is 1. The Kier molecular flexibility index (Phi) is 5.46. The number of halogens is 1. The lowest BCUT2D eigenvalue weighted by Gasteiger charge is -2.23. The second-order valence-corrected chi connectivity index (χ2v) is 4.91. The number of aryl methyl sites for hydroxylation is 1. The maximum Gasteiger partial charge on any atom is 0.270 e. The molecule has 2 rings (SSSR count). The van der Waals surface area contributed by atoms with E-state index in [1.807, 2.05) is 19.9 Å². The monoisotopic (exact) mass is 310 g/mol. The van der Waals surface area contributed by atoms with Gasteiger partial charge in [0, 0.05) is 32.0 Å². The molecule has 2 heterocycles. The van der Waals surface area contributed by atoms with E-state index >= 15 is 0 Å². The molecule has 6 nitrogen and oxygen atoms in total. The molecule has 0 radical (unpaired) electrons. The van der Waals surface area contributed by atoms with E-state index in [4.69, 9.17) is 5.73 Å². The van der Waals surface area contributed by atoms with Gasteiger partial charge in [-0.25, -0.2) is 4.98 Å². The average Bonchev–Trinajstić information content (AvgIpc) is 2.46. The van der Waals surface area contributed by atoms with Crippen LogP contribution < -0.4 is 11.3 Å². The Morgan fingerprint density at radius 1 is 1.48 bits per heavy atom. The van der Waals surface area contributed by atoms with Crippen LogP contribution in [0.4, 0.5) is 0 Å². The van der Waals surface area contributed by atoms with Crippen LogP contribution in [-0.4, -0.2) is 39.8 Å². The van der Waals surface area contributed by atoms with E-state index in [9.17, 15) is 9.59 Å². The van der Waals surface area contributed by atoms with Gasteiger partial charge in [0.1, 0.15) is 11.2 Å². The second kappa shape index (κ2) is 6.69. The molecular formula is C14H19ClN4O2. The first-order valence-corrected chi connectivity index (χ1v) is 6.41. The quantitative estimate of drug-likeness (QED) is 0.911. The maximum absolute atomic E-state index is 12.4. The molecular weight excluding hydrogens is 292 g/mol. The summed E-state index contributed by atoms with van der Waals surface area (Å²) in [5.41, 5.74) is 6.68. The fourth-order valence-electron chi connectivity index (χ4n) is 1.88. The number of hydrogen-bond donors (Lipinski definition) is 1. The summed E-state index contributed by atoms with van der Waals surface area (Å²) in [6.07, 6.45) is 3.00. The fraction of sp³-hybridized carbons (Fsp3) is 0.357. The summed E-state index contributed by atoms with van der Waals surface area (Å²) in [6.45, 7) is 4.04. The number of pyridine rings is 1. The number of hydrogen-bond acceptors (Lipinski definition) is 4. The molecule has 0 fully saturated rings. The van der Waals surface area contributed by atoms with Crippen molar-refractivity contribution in [1.29, 1.82) is 0 Å². The third kappa shape index (κ3) is 3.22. The highest BCUT2D eigenvalue weighted by Crippen LogP contribution is 2.05. The first-order valence-electron chi connectivity index (χ1n) is 6.41. The van der Waals surface area contributed by atoms with Crippen molar-refractivity contribution in [2.45, 2.75) is 19.9 Å². The van der Waals surface area contributed by atoms with E-state index in [1.54, 1.807) is 19.3 Å². The first-order chi connectivity index (χ1) is 9.45. The van der Waals surface area contributed by atoms with Crippen molar-refractivity contribution >= 4 is 24.0 Å². The largest absolute Gasteiger partial charge is 0.338 e. The van der Waals surface area contributed by atoms with Crippen molar-refractivity contribution in [1.82, 2.24) is 14.3 Å². The van der Waals surface area contributed by atoms with Crippen molar-refractivity contribution < 1.29 is 4.79 Å². The molecule has 7 heteroatoms. The van der Waals surface area contributed by atoms with Gasteiger partial charge in [0.2, 0.25) is 0 Å². The van der Waals surface area contributed by atoms with Gasteiger partial charge in [0.25, 0.3) is 11.5 Å². The Morgan fingerprint density at radius 2 is 2.14 bits per heavy atom. The van der Waals surface area contributed by atoms with Crippen molar-refractivity contribution in [3.8, 4) is 0 Å². The van der Waals surface area contributed by atoms with Crippen molar-refractivity contribution in [2.24, 2.45) is 5.73 Å². The van der Waals surface area contributed by atoms with Crippen LogP contribution >= 0.6 is 12.4 Å². The van der Waals surface area contributed by atoms with Crippen molar-refractivity contribution in [3.63, 3.8) is 0 Å². The molecule has 0 bridgehead atoms. The standard InChI is InChI=1S/C14H18N4O2.ClH/c1-9-4-5-12-16-7-11(14(20)18(12)8-9)13(19)17(3)10(2)6-15;/h4-5,7-8,10H,6,15H2,1-3H3;1H. The highest BCUT2D eigenvalue weighted by Gasteiger charge is 2.20. The summed E-state index contributed by atoms with van der Waals surface area (Å²) in [4.78, 5) is 30.3. The van der Waals surface area contributed by atoms with Gasteiger partial charge in [0.15, 0.2) is 0 Å². The van der Waals surface area contributed by atoms with Crippen LogP contribution in [0.15, 0.2) is 29.3 Å². The van der Waals surface area contributed by atoms with E-state index in [0.717, 1.165) is 5.56 Å². The molecule has 1 amide bonds. The zero-order chi connectivity index (χ0) is 14.9. The smallest absolute Gasteiger partial charge is 0.270 e. The highest BCUT2D eigenvalue weighted by atomic mass is 35.5. The van der Waals surface area contributed by atoms with E-state index < -0.39 is 0 Å². The molecule has 0 aliphatic rings. The number of carbonyl (C=O) groups is 1. The second-order valence-electron chi connectivity index (χ2n) is 4.91.